The van der Waals surface area contributed by atoms with Crippen molar-refractivity contribution in [2.75, 3.05) is 18.2 Å². The molecule has 1 N–H and O–H groups in total. The fourth-order valence-corrected chi connectivity index (χ4v) is 3.11. The molecule has 2 rings (SSSR count). The van der Waals surface area contributed by atoms with Gasteiger partial charge >= 0.3 is 6.18 Å². The molecule has 0 saturated heterocycles. The quantitative estimate of drug-likeness (QED) is 0.403. The lowest BCUT2D eigenvalue weighted by Crippen LogP contribution is -2.14. The molecule has 1 amide bonds. The number of nitro benzene ring substituents is 1. The van der Waals surface area contributed by atoms with Gasteiger partial charge in [0, 0.05) is 11.8 Å². The normalized spacial score (nSPS) is 11.1. The molecule has 0 heterocycles. The third-order valence-electron chi connectivity index (χ3n) is 3.28. The highest BCUT2D eigenvalue weighted by molar-refractivity contribution is 8.00. The summed E-state index contributed by atoms with van der Waals surface area (Å²) in [6.45, 7) is 0. The second-order valence-electron chi connectivity index (χ2n) is 5.12. The number of carbonyl (C=O) groups excluding carboxylic acids is 1. The molecule has 0 spiro atoms. The van der Waals surface area contributed by atoms with E-state index in [0.717, 1.165) is 23.9 Å². The second kappa shape index (κ2) is 8.49. The molecule has 0 aliphatic heterocycles. The predicted molar refractivity (Wildman–Crippen MR) is 95.5 cm³/mol. The van der Waals surface area contributed by atoms with E-state index in [0.29, 0.717) is 17.5 Å². The summed E-state index contributed by atoms with van der Waals surface area (Å²) in [5, 5.41) is 13.9. The molecule has 27 heavy (non-hydrogen) atoms. The van der Waals surface area contributed by atoms with Crippen molar-refractivity contribution in [1.29, 1.82) is 0 Å². The minimum absolute atomic E-state index is 0.0455. The maximum Gasteiger partial charge on any atom is 0.416 e. The van der Waals surface area contributed by atoms with Crippen LogP contribution in [0.25, 0.3) is 0 Å². The van der Waals surface area contributed by atoms with Gasteiger partial charge in [-0.1, -0.05) is 11.6 Å². The fourth-order valence-electron chi connectivity index (χ4n) is 2.04. The Morgan fingerprint density at radius 1 is 1.30 bits per heavy atom. The molecule has 0 aliphatic carbocycles. The van der Waals surface area contributed by atoms with Crippen LogP contribution in [0.15, 0.2) is 41.3 Å². The minimum atomic E-state index is -4.70. The van der Waals surface area contributed by atoms with E-state index in [-0.39, 0.29) is 15.7 Å². The lowest BCUT2D eigenvalue weighted by Gasteiger charge is -2.10. The largest absolute Gasteiger partial charge is 0.495 e. The van der Waals surface area contributed by atoms with Gasteiger partial charge in [0.1, 0.15) is 5.75 Å². The number of halogens is 4. The van der Waals surface area contributed by atoms with Gasteiger partial charge in [0.15, 0.2) is 0 Å². The maximum atomic E-state index is 12.7. The summed E-state index contributed by atoms with van der Waals surface area (Å²) in [7, 11) is 1.44. The van der Waals surface area contributed by atoms with Gasteiger partial charge in [-0.15, -0.1) is 11.8 Å². The molecule has 0 atom stereocenters. The van der Waals surface area contributed by atoms with E-state index >= 15 is 0 Å². The Morgan fingerprint density at radius 2 is 2.00 bits per heavy atom. The zero-order valence-corrected chi connectivity index (χ0v) is 15.2. The van der Waals surface area contributed by atoms with Gasteiger partial charge in [-0.25, -0.2) is 0 Å². The fraction of sp³-hybridized carbons (Fsp3) is 0.188. The number of alkyl halides is 3. The number of anilines is 1. The maximum absolute atomic E-state index is 12.7. The monoisotopic (exact) mass is 420 g/mol. The lowest BCUT2D eigenvalue weighted by molar-refractivity contribution is -0.388. The molecule has 2 aromatic carbocycles. The molecular weight excluding hydrogens is 409 g/mol. The highest BCUT2D eigenvalue weighted by atomic mass is 35.5. The summed E-state index contributed by atoms with van der Waals surface area (Å²) in [4.78, 5) is 22.1. The Labute approximate surface area is 160 Å². The van der Waals surface area contributed by atoms with E-state index in [4.69, 9.17) is 16.3 Å². The molecule has 0 aliphatic rings. The van der Waals surface area contributed by atoms with Crippen LogP contribution < -0.4 is 10.1 Å². The Balaban J connectivity index is 2.08. The number of thioether (sulfide) groups is 1. The van der Waals surface area contributed by atoms with E-state index in [9.17, 15) is 28.1 Å². The second-order valence-corrected chi connectivity index (χ2v) is 6.55. The molecular formula is C16H12ClF3N2O4S. The predicted octanol–water partition coefficient (Wildman–Crippen LogP) is 5.01. The van der Waals surface area contributed by atoms with Crippen molar-refractivity contribution in [2.24, 2.45) is 0 Å². The van der Waals surface area contributed by atoms with Gasteiger partial charge in [-0.3, -0.25) is 14.9 Å². The minimum Gasteiger partial charge on any atom is -0.495 e. The molecule has 0 unspecified atom stereocenters. The smallest absolute Gasteiger partial charge is 0.416 e. The number of benzene rings is 2. The first-order chi connectivity index (χ1) is 12.6. The highest BCUT2D eigenvalue weighted by Crippen LogP contribution is 2.36. The summed E-state index contributed by atoms with van der Waals surface area (Å²) < 4.78 is 43.1. The zero-order chi connectivity index (χ0) is 20.2. The number of carbonyl (C=O) groups is 1. The van der Waals surface area contributed by atoms with E-state index in [1.807, 2.05) is 0 Å². The first-order valence-electron chi connectivity index (χ1n) is 7.23. The molecule has 144 valence electrons. The third kappa shape index (κ3) is 5.51. The van der Waals surface area contributed by atoms with Gasteiger partial charge in [0.05, 0.1) is 33.3 Å². The van der Waals surface area contributed by atoms with Gasteiger partial charge in [0.25, 0.3) is 5.69 Å². The average Bonchev–Trinajstić information content (AvgIpc) is 2.59. The first-order valence-corrected chi connectivity index (χ1v) is 8.60. The van der Waals surface area contributed by atoms with Crippen LogP contribution >= 0.6 is 23.4 Å². The number of nitrogens with one attached hydrogen (secondary N) is 1. The van der Waals surface area contributed by atoms with Crippen LogP contribution in [0.4, 0.5) is 24.5 Å². The van der Waals surface area contributed by atoms with Crippen LogP contribution in [0.2, 0.25) is 5.02 Å². The molecule has 2 aromatic rings. The number of rotatable bonds is 6. The standard InChI is InChI=1S/C16H12ClF3N2O4S/c1-26-13-4-3-10(7-11(13)17)21-15(23)8-27-14-5-2-9(16(18,19)20)6-12(14)22(24)25/h2-7H,8H2,1H3,(H,21,23). The van der Waals surface area contributed by atoms with Crippen LogP contribution in [-0.4, -0.2) is 23.7 Å². The Kier molecular flexibility index (Phi) is 6.55. The van der Waals surface area contributed by atoms with Crippen LogP contribution in [0.3, 0.4) is 0 Å². The number of nitro groups is 1. The number of hydrogen-bond acceptors (Lipinski definition) is 5. The number of nitrogens with zero attached hydrogens (tertiary/aromatic N) is 1. The van der Waals surface area contributed by atoms with E-state index in [1.54, 1.807) is 12.1 Å². The number of hydrogen-bond donors (Lipinski definition) is 1. The molecule has 0 radical (unpaired) electrons. The van der Waals surface area contributed by atoms with Crippen molar-refractivity contribution < 1.29 is 27.6 Å². The van der Waals surface area contributed by atoms with Crippen LogP contribution in [0.1, 0.15) is 5.56 Å². The topological polar surface area (TPSA) is 81.5 Å². The third-order valence-corrected chi connectivity index (χ3v) is 4.64. The van der Waals surface area contributed by atoms with E-state index in [2.05, 4.69) is 5.32 Å². The Morgan fingerprint density at radius 3 is 2.56 bits per heavy atom. The number of ether oxygens (including phenoxy) is 1. The van der Waals surface area contributed by atoms with Gasteiger partial charge in [0.2, 0.25) is 5.91 Å². The summed E-state index contributed by atoms with van der Waals surface area (Å²) in [5.41, 5.74) is -1.46. The molecule has 0 fully saturated rings. The van der Waals surface area contributed by atoms with Crippen molar-refractivity contribution in [1.82, 2.24) is 0 Å². The Bertz CT molecular complexity index is 877. The molecule has 11 heteroatoms. The molecule has 0 aromatic heterocycles. The van der Waals surface area contributed by atoms with Gasteiger partial charge in [-0.05, 0) is 30.3 Å². The summed E-state index contributed by atoms with van der Waals surface area (Å²) in [6.07, 6.45) is -4.70. The summed E-state index contributed by atoms with van der Waals surface area (Å²) in [5.74, 6) is -0.324. The van der Waals surface area contributed by atoms with Crippen molar-refractivity contribution in [3.8, 4) is 5.75 Å². The highest BCUT2D eigenvalue weighted by Gasteiger charge is 2.33. The van der Waals surface area contributed by atoms with Gasteiger partial charge in [-0.2, -0.15) is 13.2 Å². The van der Waals surface area contributed by atoms with Crippen LogP contribution in [0.5, 0.6) is 5.75 Å². The van der Waals surface area contributed by atoms with E-state index < -0.39 is 28.3 Å². The van der Waals surface area contributed by atoms with Crippen molar-refractivity contribution in [3.63, 3.8) is 0 Å². The lowest BCUT2D eigenvalue weighted by atomic mass is 10.2. The Hall–Kier alpha value is -2.46. The van der Waals surface area contributed by atoms with Crippen LogP contribution in [0, 0.1) is 10.1 Å². The average molecular weight is 421 g/mol. The SMILES string of the molecule is COc1ccc(NC(=O)CSc2ccc(C(F)(F)F)cc2[N+](=O)[O-])cc1Cl. The van der Waals surface area contributed by atoms with Crippen LogP contribution in [-0.2, 0) is 11.0 Å². The van der Waals surface area contributed by atoms with Crippen molar-refractivity contribution >= 4 is 40.6 Å². The van der Waals surface area contributed by atoms with Crippen molar-refractivity contribution in [2.45, 2.75) is 11.1 Å². The van der Waals surface area contributed by atoms with E-state index in [1.165, 1.54) is 13.2 Å². The summed E-state index contributed by atoms with van der Waals surface area (Å²) in [6, 6.07) is 6.71. The summed E-state index contributed by atoms with van der Waals surface area (Å²) >= 11 is 6.70. The first kappa shape index (κ1) is 20.8. The number of amides is 1. The molecule has 0 bridgehead atoms. The van der Waals surface area contributed by atoms with Crippen molar-refractivity contribution in [3.05, 3.63) is 57.1 Å². The number of methoxy groups -OCH3 is 1. The molecule has 6 nitrogen and oxygen atoms in total. The zero-order valence-electron chi connectivity index (χ0n) is 13.7. The van der Waals surface area contributed by atoms with Gasteiger partial charge < -0.3 is 10.1 Å². The molecule has 0 saturated carbocycles.